The maximum absolute atomic E-state index is 12.6. The first-order valence-electron chi connectivity index (χ1n) is 8.40. The highest BCUT2D eigenvalue weighted by atomic mass is 32.2. The number of hydrogen-bond donors (Lipinski definition) is 0. The van der Waals surface area contributed by atoms with Crippen molar-refractivity contribution in [2.24, 2.45) is 0 Å². The smallest absolute Gasteiger partial charge is 0.252 e. The molecule has 6 nitrogen and oxygen atoms in total. The summed E-state index contributed by atoms with van der Waals surface area (Å²) in [4.78, 5) is 6.86. The summed E-state index contributed by atoms with van der Waals surface area (Å²) in [7, 11) is -3.37. The Bertz CT molecular complexity index is 991. The second-order valence-electron chi connectivity index (χ2n) is 5.88. The van der Waals surface area contributed by atoms with E-state index in [1.54, 1.807) is 33.2 Å². The Kier molecular flexibility index (Phi) is 4.87. The number of aromatic nitrogens is 1. The molecule has 0 unspecified atom stereocenters. The average Bonchev–Trinajstić information content (AvgIpc) is 3.32. The van der Waals surface area contributed by atoms with Gasteiger partial charge in [-0.05, 0) is 36.6 Å². The molecule has 1 aliphatic heterocycles. The highest BCUT2D eigenvalue weighted by Crippen LogP contribution is 2.32. The molecule has 138 valence electrons. The third-order valence-electron chi connectivity index (χ3n) is 4.26. The third-order valence-corrected chi connectivity index (χ3v) is 8.61. The van der Waals surface area contributed by atoms with E-state index < -0.39 is 10.0 Å². The number of anilines is 1. The van der Waals surface area contributed by atoms with Crippen molar-refractivity contribution < 1.29 is 13.2 Å². The maximum Gasteiger partial charge on any atom is 0.252 e. The SMILES string of the molecule is CCOc1ccc2nc(N3CCN(S(=O)(=O)c4cccs4)CC3)sc2c1. The van der Waals surface area contributed by atoms with E-state index in [1.165, 1.54) is 11.3 Å². The molecule has 2 aromatic heterocycles. The standard InChI is InChI=1S/C17H19N3O3S3/c1-2-23-13-5-6-14-15(12-13)25-17(18-14)19-7-9-20(10-8-19)26(21,22)16-4-3-11-24-16/h3-6,11-12H,2,7-10H2,1H3. The minimum atomic E-state index is -3.37. The molecule has 4 rings (SSSR count). The number of thiazole rings is 1. The van der Waals surface area contributed by atoms with Crippen molar-refractivity contribution in [3.8, 4) is 5.75 Å². The fourth-order valence-electron chi connectivity index (χ4n) is 2.94. The predicted molar refractivity (Wildman–Crippen MR) is 106 cm³/mol. The zero-order valence-electron chi connectivity index (χ0n) is 14.3. The Hall–Kier alpha value is -1.68. The molecule has 9 heteroatoms. The normalized spacial score (nSPS) is 16.3. The summed E-state index contributed by atoms with van der Waals surface area (Å²) in [6.45, 7) is 4.83. The van der Waals surface area contributed by atoms with E-state index in [2.05, 4.69) is 4.90 Å². The van der Waals surface area contributed by atoms with Gasteiger partial charge in [-0.15, -0.1) is 11.3 Å². The molecular formula is C17H19N3O3S3. The predicted octanol–water partition coefficient (Wildman–Crippen LogP) is 3.27. The van der Waals surface area contributed by atoms with Crippen LogP contribution in [0.5, 0.6) is 5.75 Å². The summed E-state index contributed by atoms with van der Waals surface area (Å²) in [6, 6.07) is 9.34. The van der Waals surface area contributed by atoms with Crippen molar-refractivity contribution in [2.75, 3.05) is 37.7 Å². The topological polar surface area (TPSA) is 62.7 Å². The number of piperazine rings is 1. The zero-order valence-corrected chi connectivity index (χ0v) is 16.7. The molecule has 1 aliphatic rings. The van der Waals surface area contributed by atoms with Crippen LogP contribution in [0.15, 0.2) is 39.9 Å². The summed E-state index contributed by atoms with van der Waals surface area (Å²) >= 11 is 2.88. The first-order valence-corrected chi connectivity index (χ1v) is 11.5. The number of thiophene rings is 1. The van der Waals surface area contributed by atoms with Gasteiger partial charge in [-0.3, -0.25) is 0 Å². The molecule has 0 aliphatic carbocycles. The quantitative estimate of drug-likeness (QED) is 0.647. The fraction of sp³-hybridized carbons (Fsp3) is 0.353. The Morgan fingerprint density at radius 3 is 2.69 bits per heavy atom. The Morgan fingerprint density at radius 1 is 1.19 bits per heavy atom. The number of sulfonamides is 1. The molecule has 3 aromatic rings. The van der Waals surface area contributed by atoms with E-state index in [4.69, 9.17) is 9.72 Å². The number of hydrogen-bond acceptors (Lipinski definition) is 7. The molecule has 26 heavy (non-hydrogen) atoms. The number of fused-ring (bicyclic) bond motifs is 1. The van der Waals surface area contributed by atoms with E-state index in [0.29, 0.717) is 37.0 Å². The molecular weight excluding hydrogens is 390 g/mol. The van der Waals surface area contributed by atoms with Crippen LogP contribution in [0.4, 0.5) is 5.13 Å². The molecule has 0 radical (unpaired) electrons. The van der Waals surface area contributed by atoms with E-state index in [9.17, 15) is 8.42 Å². The molecule has 3 heterocycles. The summed E-state index contributed by atoms with van der Waals surface area (Å²) in [5, 5.41) is 2.72. The lowest BCUT2D eigenvalue weighted by Crippen LogP contribution is -2.48. The highest BCUT2D eigenvalue weighted by molar-refractivity contribution is 7.91. The van der Waals surface area contributed by atoms with Gasteiger partial charge < -0.3 is 9.64 Å². The van der Waals surface area contributed by atoms with Crippen molar-refractivity contribution in [2.45, 2.75) is 11.1 Å². The van der Waals surface area contributed by atoms with Gasteiger partial charge in [0, 0.05) is 26.2 Å². The van der Waals surface area contributed by atoms with Gasteiger partial charge in [-0.25, -0.2) is 13.4 Å². The summed E-state index contributed by atoms with van der Waals surface area (Å²) in [5.41, 5.74) is 0.946. The fourth-order valence-corrected chi connectivity index (χ4v) is 6.55. The third kappa shape index (κ3) is 3.32. The van der Waals surface area contributed by atoms with Gasteiger partial charge in [0.1, 0.15) is 9.96 Å². The number of nitrogens with zero attached hydrogens (tertiary/aromatic N) is 3. The van der Waals surface area contributed by atoms with Crippen LogP contribution in [0.25, 0.3) is 10.2 Å². The molecule has 0 atom stereocenters. The van der Waals surface area contributed by atoms with Crippen LogP contribution >= 0.6 is 22.7 Å². The number of ether oxygens (including phenoxy) is 1. The van der Waals surface area contributed by atoms with E-state index in [1.807, 2.05) is 25.1 Å². The summed E-state index contributed by atoms with van der Waals surface area (Å²) in [6.07, 6.45) is 0. The van der Waals surface area contributed by atoms with Crippen molar-refractivity contribution in [3.05, 3.63) is 35.7 Å². The minimum Gasteiger partial charge on any atom is -0.494 e. The lowest BCUT2D eigenvalue weighted by Gasteiger charge is -2.33. The van der Waals surface area contributed by atoms with Gasteiger partial charge in [0.25, 0.3) is 10.0 Å². The number of benzene rings is 1. The lowest BCUT2D eigenvalue weighted by molar-refractivity contribution is 0.341. The van der Waals surface area contributed by atoms with Crippen LogP contribution in [-0.4, -0.2) is 50.5 Å². The van der Waals surface area contributed by atoms with Crippen LogP contribution in [0.3, 0.4) is 0 Å². The van der Waals surface area contributed by atoms with Crippen LogP contribution in [0.1, 0.15) is 6.92 Å². The minimum absolute atomic E-state index is 0.411. The Balaban J connectivity index is 1.49. The van der Waals surface area contributed by atoms with Crippen molar-refractivity contribution in [3.63, 3.8) is 0 Å². The Morgan fingerprint density at radius 2 is 2.00 bits per heavy atom. The molecule has 0 spiro atoms. The van der Waals surface area contributed by atoms with Gasteiger partial charge in [0.05, 0.1) is 16.8 Å². The molecule has 1 saturated heterocycles. The second-order valence-corrected chi connectivity index (χ2v) is 10.0. The second kappa shape index (κ2) is 7.15. The molecule has 0 amide bonds. The van der Waals surface area contributed by atoms with Gasteiger partial charge in [0.2, 0.25) is 0 Å². The zero-order chi connectivity index (χ0) is 18.1. The molecule has 1 aromatic carbocycles. The first kappa shape index (κ1) is 17.7. The average molecular weight is 410 g/mol. The van der Waals surface area contributed by atoms with Gasteiger partial charge in [-0.1, -0.05) is 17.4 Å². The summed E-state index contributed by atoms with van der Waals surface area (Å²) < 4.78 is 33.9. The molecule has 0 saturated carbocycles. The van der Waals surface area contributed by atoms with Crippen molar-refractivity contribution in [1.82, 2.24) is 9.29 Å². The highest BCUT2D eigenvalue weighted by Gasteiger charge is 2.30. The largest absolute Gasteiger partial charge is 0.494 e. The first-order chi connectivity index (χ1) is 12.6. The van der Waals surface area contributed by atoms with Crippen molar-refractivity contribution >= 4 is 48.0 Å². The molecule has 0 N–H and O–H groups in total. The number of rotatable bonds is 5. The van der Waals surface area contributed by atoms with Crippen LogP contribution in [0.2, 0.25) is 0 Å². The monoisotopic (exact) mass is 409 g/mol. The Labute approximate surface area is 160 Å². The maximum atomic E-state index is 12.6. The van der Waals surface area contributed by atoms with Crippen LogP contribution in [0, 0.1) is 0 Å². The van der Waals surface area contributed by atoms with E-state index in [0.717, 1.165) is 21.1 Å². The van der Waals surface area contributed by atoms with Gasteiger partial charge in [-0.2, -0.15) is 4.31 Å². The van der Waals surface area contributed by atoms with Crippen LogP contribution in [-0.2, 0) is 10.0 Å². The summed E-state index contributed by atoms with van der Waals surface area (Å²) in [5.74, 6) is 0.849. The molecule has 1 fully saturated rings. The van der Waals surface area contributed by atoms with Crippen molar-refractivity contribution in [1.29, 1.82) is 0 Å². The lowest BCUT2D eigenvalue weighted by atomic mass is 10.3. The molecule has 0 bridgehead atoms. The van der Waals surface area contributed by atoms with E-state index in [-0.39, 0.29) is 0 Å². The van der Waals surface area contributed by atoms with E-state index >= 15 is 0 Å². The van der Waals surface area contributed by atoms with Gasteiger partial charge >= 0.3 is 0 Å². The van der Waals surface area contributed by atoms with Crippen LogP contribution < -0.4 is 9.64 Å². The van der Waals surface area contributed by atoms with Gasteiger partial charge in [0.15, 0.2) is 5.13 Å².